The van der Waals surface area contributed by atoms with Crippen molar-refractivity contribution in [3.8, 4) is 5.75 Å². The highest BCUT2D eigenvalue weighted by Gasteiger charge is 2.34. The van der Waals surface area contributed by atoms with Crippen molar-refractivity contribution in [2.45, 2.75) is 65.8 Å². The van der Waals surface area contributed by atoms with Gasteiger partial charge in [0.1, 0.15) is 5.75 Å². The smallest absolute Gasteiger partial charge is 0.120 e. The van der Waals surface area contributed by atoms with Crippen LogP contribution in [0, 0.1) is 18.3 Å². The lowest BCUT2D eigenvalue weighted by Gasteiger charge is -2.33. The molecule has 0 heterocycles. The van der Waals surface area contributed by atoms with Gasteiger partial charge in [0.05, 0.1) is 0 Å². The van der Waals surface area contributed by atoms with E-state index in [2.05, 4.69) is 39.1 Å². The predicted molar refractivity (Wildman–Crippen MR) is 89.6 cm³/mol. The summed E-state index contributed by atoms with van der Waals surface area (Å²) in [7, 11) is 0. The summed E-state index contributed by atoms with van der Waals surface area (Å²) in [5.41, 5.74) is 2.70. The maximum atomic E-state index is 10.1. The van der Waals surface area contributed by atoms with Crippen molar-refractivity contribution in [2.24, 2.45) is 11.3 Å². The van der Waals surface area contributed by atoms with Crippen LogP contribution in [0.15, 0.2) is 18.2 Å². The van der Waals surface area contributed by atoms with Gasteiger partial charge in [0.15, 0.2) is 0 Å². The molecule has 1 aliphatic carbocycles. The molecule has 0 aliphatic heterocycles. The summed E-state index contributed by atoms with van der Waals surface area (Å²) >= 11 is 0. The van der Waals surface area contributed by atoms with Gasteiger partial charge >= 0.3 is 0 Å². The molecule has 0 spiro atoms. The molecule has 0 radical (unpaired) electrons. The fourth-order valence-corrected chi connectivity index (χ4v) is 3.94. The SMILES string of the molecule is Cc1ccc(O)c(C(C)NCC2(CC(C)C)CCCC2)c1. The molecular formula is C19H31NO. The van der Waals surface area contributed by atoms with Crippen molar-refractivity contribution in [1.82, 2.24) is 5.32 Å². The zero-order valence-electron chi connectivity index (χ0n) is 14.1. The molecule has 1 fully saturated rings. The number of rotatable bonds is 6. The van der Waals surface area contributed by atoms with Gasteiger partial charge in [-0.15, -0.1) is 0 Å². The highest BCUT2D eigenvalue weighted by atomic mass is 16.3. The van der Waals surface area contributed by atoms with Gasteiger partial charge in [0, 0.05) is 18.2 Å². The maximum Gasteiger partial charge on any atom is 0.120 e. The number of benzene rings is 1. The van der Waals surface area contributed by atoms with Crippen LogP contribution >= 0.6 is 0 Å². The summed E-state index contributed by atoms with van der Waals surface area (Å²) in [5, 5.41) is 13.8. The van der Waals surface area contributed by atoms with Gasteiger partial charge < -0.3 is 10.4 Å². The Balaban J connectivity index is 2.01. The molecule has 2 N–H and O–H groups in total. The average molecular weight is 289 g/mol. The Bertz CT molecular complexity index is 461. The van der Waals surface area contributed by atoms with Gasteiger partial charge in [0.25, 0.3) is 0 Å². The number of hydrogen-bond acceptors (Lipinski definition) is 2. The van der Waals surface area contributed by atoms with E-state index in [1.54, 1.807) is 0 Å². The van der Waals surface area contributed by atoms with Crippen molar-refractivity contribution in [3.05, 3.63) is 29.3 Å². The molecule has 2 rings (SSSR count). The second kappa shape index (κ2) is 6.83. The molecule has 21 heavy (non-hydrogen) atoms. The minimum absolute atomic E-state index is 0.203. The topological polar surface area (TPSA) is 32.3 Å². The number of nitrogens with one attached hydrogen (secondary N) is 1. The van der Waals surface area contributed by atoms with Crippen LogP contribution in [0.5, 0.6) is 5.75 Å². The number of hydrogen-bond donors (Lipinski definition) is 2. The van der Waals surface area contributed by atoms with Crippen LogP contribution in [0.3, 0.4) is 0 Å². The summed E-state index contributed by atoms with van der Waals surface area (Å²) in [6, 6.07) is 6.07. The summed E-state index contributed by atoms with van der Waals surface area (Å²) in [6.45, 7) is 9.96. The zero-order chi connectivity index (χ0) is 15.5. The summed E-state index contributed by atoms with van der Waals surface area (Å²) < 4.78 is 0. The van der Waals surface area contributed by atoms with Crippen LogP contribution in [-0.2, 0) is 0 Å². The molecule has 118 valence electrons. The third-order valence-electron chi connectivity index (χ3n) is 4.94. The molecule has 0 amide bonds. The van der Waals surface area contributed by atoms with Crippen molar-refractivity contribution < 1.29 is 5.11 Å². The molecule has 0 bridgehead atoms. The fourth-order valence-electron chi connectivity index (χ4n) is 3.94. The van der Waals surface area contributed by atoms with E-state index in [4.69, 9.17) is 0 Å². The highest BCUT2D eigenvalue weighted by Crippen LogP contribution is 2.43. The maximum absolute atomic E-state index is 10.1. The van der Waals surface area contributed by atoms with Crippen LogP contribution in [0.2, 0.25) is 0 Å². The van der Waals surface area contributed by atoms with Crippen LogP contribution < -0.4 is 5.32 Å². The van der Waals surface area contributed by atoms with Crippen LogP contribution in [0.1, 0.15) is 70.0 Å². The van der Waals surface area contributed by atoms with Crippen LogP contribution in [-0.4, -0.2) is 11.7 Å². The standard InChI is InChI=1S/C19H31NO/c1-14(2)12-19(9-5-6-10-19)13-20-16(4)17-11-15(3)7-8-18(17)21/h7-8,11,14,16,20-21H,5-6,9-10,12-13H2,1-4H3. The Morgan fingerprint density at radius 2 is 1.86 bits per heavy atom. The quantitative estimate of drug-likeness (QED) is 0.776. The predicted octanol–water partition coefficient (Wildman–Crippen LogP) is 4.96. The third kappa shape index (κ3) is 4.23. The first kappa shape index (κ1) is 16.4. The van der Waals surface area contributed by atoms with Crippen LogP contribution in [0.4, 0.5) is 0 Å². The van der Waals surface area contributed by atoms with E-state index in [0.29, 0.717) is 11.2 Å². The number of phenolic OH excluding ortho intramolecular Hbond substituents is 1. The van der Waals surface area contributed by atoms with Gasteiger partial charge in [-0.25, -0.2) is 0 Å². The summed E-state index contributed by atoms with van der Waals surface area (Å²) in [6.07, 6.45) is 6.76. The first-order chi connectivity index (χ1) is 9.92. The minimum Gasteiger partial charge on any atom is -0.508 e. The molecule has 1 saturated carbocycles. The van der Waals surface area contributed by atoms with Gasteiger partial charge in [-0.05, 0) is 50.5 Å². The van der Waals surface area contributed by atoms with Gasteiger partial charge in [0.2, 0.25) is 0 Å². The monoisotopic (exact) mass is 289 g/mol. The van der Waals surface area contributed by atoms with Gasteiger partial charge in [-0.2, -0.15) is 0 Å². The molecule has 1 atom stereocenters. The van der Waals surface area contributed by atoms with Crippen molar-refractivity contribution >= 4 is 0 Å². The summed E-state index contributed by atoms with van der Waals surface area (Å²) in [5.74, 6) is 1.16. The Labute approximate surface area is 130 Å². The second-order valence-corrected chi connectivity index (χ2v) is 7.47. The van der Waals surface area contributed by atoms with E-state index in [1.165, 1.54) is 37.7 Å². The van der Waals surface area contributed by atoms with Gasteiger partial charge in [-0.3, -0.25) is 0 Å². The van der Waals surface area contributed by atoms with Crippen molar-refractivity contribution in [2.75, 3.05) is 6.54 Å². The fraction of sp³-hybridized carbons (Fsp3) is 0.684. The number of phenols is 1. The summed E-state index contributed by atoms with van der Waals surface area (Å²) in [4.78, 5) is 0. The molecule has 1 unspecified atom stereocenters. The van der Waals surface area contributed by atoms with E-state index in [-0.39, 0.29) is 6.04 Å². The van der Waals surface area contributed by atoms with E-state index >= 15 is 0 Å². The molecule has 2 nitrogen and oxygen atoms in total. The normalized spacial score (nSPS) is 19.1. The first-order valence-corrected chi connectivity index (χ1v) is 8.45. The van der Waals surface area contributed by atoms with Crippen molar-refractivity contribution in [1.29, 1.82) is 0 Å². The minimum atomic E-state index is 0.203. The lowest BCUT2D eigenvalue weighted by Crippen LogP contribution is -2.34. The molecule has 0 saturated heterocycles. The largest absolute Gasteiger partial charge is 0.508 e. The first-order valence-electron chi connectivity index (χ1n) is 8.45. The van der Waals surface area contributed by atoms with Gasteiger partial charge in [-0.1, -0.05) is 44.4 Å². The van der Waals surface area contributed by atoms with Crippen molar-refractivity contribution in [3.63, 3.8) is 0 Å². The zero-order valence-corrected chi connectivity index (χ0v) is 14.1. The number of aryl methyl sites for hydroxylation is 1. The highest BCUT2D eigenvalue weighted by molar-refractivity contribution is 5.37. The Morgan fingerprint density at radius 1 is 1.19 bits per heavy atom. The Kier molecular flexibility index (Phi) is 5.32. The van der Waals surface area contributed by atoms with E-state index < -0.39 is 0 Å². The third-order valence-corrected chi connectivity index (χ3v) is 4.94. The molecule has 0 aromatic heterocycles. The molecule has 2 heteroatoms. The Hall–Kier alpha value is -1.02. The second-order valence-electron chi connectivity index (χ2n) is 7.47. The number of aromatic hydroxyl groups is 1. The average Bonchev–Trinajstić information content (AvgIpc) is 2.87. The lowest BCUT2D eigenvalue weighted by atomic mass is 9.78. The molecular weight excluding hydrogens is 258 g/mol. The molecule has 1 aromatic carbocycles. The lowest BCUT2D eigenvalue weighted by molar-refractivity contribution is 0.216. The molecule has 1 aliphatic rings. The van der Waals surface area contributed by atoms with E-state index in [0.717, 1.165) is 18.0 Å². The van der Waals surface area contributed by atoms with E-state index in [9.17, 15) is 5.11 Å². The Morgan fingerprint density at radius 3 is 2.48 bits per heavy atom. The van der Waals surface area contributed by atoms with Crippen LogP contribution in [0.25, 0.3) is 0 Å². The van der Waals surface area contributed by atoms with E-state index in [1.807, 2.05) is 12.1 Å². The molecule has 1 aromatic rings.